The number of benzene rings is 1. The molecule has 1 fully saturated rings. The molecule has 0 aliphatic heterocycles. The summed E-state index contributed by atoms with van der Waals surface area (Å²) in [6.07, 6.45) is 5.50. The molecule has 6 heteroatoms. The van der Waals surface area contributed by atoms with E-state index in [0.29, 0.717) is 6.54 Å². The Kier molecular flexibility index (Phi) is 10.3. The maximum absolute atomic E-state index is 5.68. The molecule has 1 aromatic heterocycles. The van der Waals surface area contributed by atoms with Gasteiger partial charge in [-0.05, 0) is 55.9 Å². The molecule has 3 rings (SSSR count). The summed E-state index contributed by atoms with van der Waals surface area (Å²) in [6.45, 7) is 6.17. The summed E-state index contributed by atoms with van der Waals surface area (Å²) in [4.78, 5) is 9.13. The fourth-order valence-corrected chi connectivity index (χ4v) is 2.79. The van der Waals surface area contributed by atoms with Gasteiger partial charge in [0.15, 0.2) is 5.96 Å². The zero-order valence-corrected chi connectivity index (χ0v) is 18.9. The van der Waals surface area contributed by atoms with Crippen LogP contribution in [0.5, 0.6) is 0 Å². The van der Waals surface area contributed by atoms with Crippen molar-refractivity contribution in [3.8, 4) is 11.3 Å². The van der Waals surface area contributed by atoms with Crippen LogP contribution in [0, 0.1) is 5.92 Å². The van der Waals surface area contributed by atoms with Gasteiger partial charge in [0.25, 0.3) is 0 Å². The number of halogens is 1. The molecule has 0 amide bonds. The number of aliphatic imine (C=N–C) groups is 1. The highest BCUT2D eigenvalue weighted by Gasteiger charge is 2.20. The van der Waals surface area contributed by atoms with E-state index in [1.807, 2.05) is 24.4 Å². The van der Waals surface area contributed by atoms with Gasteiger partial charge < -0.3 is 15.4 Å². The Bertz CT molecular complexity index is 719. The van der Waals surface area contributed by atoms with Crippen LogP contribution in [0.2, 0.25) is 0 Å². The summed E-state index contributed by atoms with van der Waals surface area (Å²) < 4.78 is 5.68. The second-order valence-corrected chi connectivity index (χ2v) is 6.91. The topological polar surface area (TPSA) is 58.5 Å². The molecule has 1 aliphatic carbocycles. The van der Waals surface area contributed by atoms with Gasteiger partial charge in [0, 0.05) is 38.1 Å². The molecular formula is C22H31IN4O. The van der Waals surface area contributed by atoms with E-state index in [1.165, 1.54) is 18.4 Å². The van der Waals surface area contributed by atoms with Crippen LogP contribution >= 0.6 is 24.0 Å². The lowest BCUT2D eigenvalue weighted by atomic mass is 10.1. The first-order valence-electron chi connectivity index (χ1n) is 9.95. The molecule has 1 saturated carbocycles. The predicted molar refractivity (Wildman–Crippen MR) is 126 cm³/mol. The van der Waals surface area contributed by atoms with Crippen LogP contribution < -0.4 is 10.6 Å². The number of aromatic nitrogens is 1. The Labute approximate surface area is 185 Å². The number of nitrogens with zero attached hydrogens (tertiary/aromatic N) is 2. The SMILES string of the molecule is CCNC(=NCc1cccc(-c2ccccn2)c1)NCCCOCC1CC1.I. The van der Waals surface area contributed by atoms with Crippen molar-refractivity contribution in [3.63, 3.8) is 0 Å². The third-order valence-electron chi connectivity index (χ3n) is 4.46. The normalized spacial score (nSPS) is 13.7. The first-order chi connectivity index (χ1) is 13.3. The number of rotatable bonds is 10. The zero-order chi connectivity index (χ0) is 18.7. The highest BCUT2D eigenvalue weighted by Crippen LogP contribution is 2.28. The van der Waals surface area contributed by atoms with Crippen molar-refractivity contribution in [3.05, 3.63) is 54.2 Å². The fourth-order valence-electron chi connectivity index (χ4n) is 2.79. The minimum atomic E-state index is 0. The average molecular weight is 494 g/mol. The van der Waals surface area contributed by atoms with E-state index in [4.69, 9.17) is 9.73 Å². The van der Waals surface area contributed by atoms with Crippen LogP contribution in [-0.2, 0) is 11.3 Å². The van der Waals surface area contributed by atoms with Crippen molar-refractivity contribution in [1.82, 2.24) is 15.6 Å². The molecule has 2 aromatic rings. The highest BCUT2D eigenvalue weighted by atomic mass is 127. The molecule has 0 atom stereocenters. The highest BCUT2D eigenvalue weighted by molar-refractivity contribution is 14.0. The second-order valence-electron chi connectivity index (χ2n) is 6.91. The van der Waals surface area contributed by atoms with E-state index < -0.39 is 0 Å². The lowest BCUT2D eigenvalue weighted by Gasteiger charge is -2.11. The van der Waals surface area contributed by atoms with Gasteiger partial charge in [0.2, 0.25) is 0 Å². The van der Waals surface area contributed by atoms with Gasteiger partial charge >= 0.3 is 0 Å². The van der Waals surface area contributed by atoms with Gasteiger partial charge in [-0.25, -0.2) is 4.99 Å². The zero-order valence-electron chi connectivity index (χ0n) is 16.6. The van der Waals surface area contributed by atoms with Gasteiger partial charge in [-0.15, -0.1) is 24.0 Å². The summed E-state index contributed by atoms with van der Waals surface area (Å²) in [5, 5.41) is 6.69. The summed E-state index contributed by atoms with van der Waals surface area (Å²) in [5.41, 5.74) is 3.27. The first kappa shape index (κ1) is 22.6. The molecule has 2 N–H and O–H groups in total. The van der Waals surface area contributed by atoms with Gasteiger partial charge in [0.1, 0.15) is 0 Å². The third-order valence-corrected chi connectivity index (χ3v) is 4.46. The lowest BCUT2D eigenvalue weighted by Crippen LogP contribution is -2.38. The van der Waals surface area contributed by atoms with E-state index >= 15 is 0 Å². The fraction of sp³-hybridized carbons (Fsp3) is 0.455. The Morgan fingerprint density at radius 1 is 1.18 bits per heavy atom. The number of hydrogen-bond donors (Lipinski definition) is 2. The minimum absolute atomic E-state index is 0. The molecule has 1 heterocycles. The quantitative estimate of drug-likeness (QED) is 0.225. The van der Waals surface area contributed by atoms with Crippen molar-refractivity contribution in [2.24, 2.45) is 10.9 Å². The van der Waals surface area contributed by atoms with E-state index in [0.717, 1.165) is 55.9 Å². The average Bonchev–Trinajstić information content (AvgIpc) is 3.54. The van der Waals surface area contributed by atoms with Crippen LogP contribution in [0.15, 0.2) is 53.7 Å². The molecule has 152 valence electrons. The van der Waals surface area contributed by atoms with Crippen LogP contribution in [0.25, 0.3) is 11.3 Å². The third kappa shape index (κ3) is 8.14. The summed E-state index contributed by atoms with van der Waals surface area (Å²) in [5.74, 6) is 1.68. The molecular weight excluding hydrogens is 463 g/mol. The van der Waals surface area contributed by atoms with Crippen molar-refractivity contribution >= 4 is 29.9 Å². The van der Waals surface area contributed by atoms with E-state index in [1.54, 1.807) is 0 Å². The monoisotopic (exact) mass is 494 g/mol. The van der Waals surface area contributed by atoms with Crippen molar-refractivity contribution in [2.45, 2.75) is 32.7 Å². The number of guanidine groups is 1. The molecule has 0 unspecified atom stereocenters. The largest absolute Gasteiger partial charge is 0.381 e. The Balaban J connectivity index is 0.00000280. The smallest absolute Gasteiger partial charge is 0.191 e. The molecule has 0 radical (unpaired) electrons. The molecule has 0 bridgehead atoms. The first-order valence-corrected chi connectivity index (χ1v) is 9.95. The molecule has 0 saturated heterocycles. The van der Waals surface area contributed by atoms with E-state index in [2.05, 4.69) is 46.8 Å². The standard InChI is InChI=1S/C22H30N4O.HI/c1-2-23-22(25-13-6-14-27-17-18-10-11-18)26-16-19-7-5-8-20(15-19)21-9-3-4-12-24-21;/h3-5,7-9,12,15,18H,2,6,10-11,13-14,16-17H2,1H3,(H2,23,25,26);1H. The summed E-state index contributed by atoms with van der Waals surface area (Å²) >= 11 is 0. The molecule has 28 heavy (non-hydrogen) atoms. The van der Waals surface area contributed by atoms with Crippen LogP contribution in [0.4, 0.5) is 0 Å². The predicted octanol–water partition coefficient (Wildman–Crippen LogP) is 4.24. The van der Waals surface area contributed by atoms with Crippen molar-refractivity contribution in [1.29, 1.82) is 0 Å². The van der Waals surface area contributed by atoms with Crippen LogP contribution in [0.3, 0.4) is 0 Å². The maximum Gasteiger partial charge on any atom is 0.191 e. The summed E-state index contributed by atoms with van der Waals surface area (Å²) in [7, 11) is 0. The second kappa shape index (κ2) is 12.7. The number of hydrogen-bond acceptors (Lipinski definition) is 3. The number of pyridine rings is 1. The molecule has 1 aromatic carbocycles. The number of nitrogens with one attached hydrogen (secondary N) is 2. The maximum atomic E-state index is 5.68. The van der Waals surface area contributed by atoms with Gasteiger partial charge in [-0.1, -0.05) is 24.3 Å². The van der Waals surface area contributed by atoms with Crippen LogP contribution in [-0.4, -0.2) is 37.2 Å². The number of ether oxygens (including phenoxy) is 1. The lowest BCUT2D eigenvalue weighted by molar-refractivity contribution is 0.123. The van der Waals surface area contributed by atoms with Gasteiger partial charge in [0.05, 0.1) is 12.2 Å². The van der Waals surface area contributed by atoms with Crippen molar-refractivity contribution in [2.75, 3.05) is 26.3 Å². The van der Waals surface area contributed by atoms with Crippen molar-refractivity contribution < 1.29 is 4.74 Å². The van der Waals surface area contributed by atoms with Crippen LogP contribution in [0.1, 0.15) is 31.7 Å². The molecule has 1 aliphatic rings. The van der Waals surface area contributed by atoms with Gasteiger partial charge in [-0.2, -0.15) is 0 Å². The Hall–Kier alpha value is -1.67. The van der Waals surface area contributed by atoms with Gasteiger partial charge in [-0.3, -0.25) is 4.98 Å². The minimum Gasteiger partial charge on any atom is -0.381 e. The Morgan fingerprint density at radius 3 is 2.82 bits per heavy atom. The molecule has 5 nitrogen and oxygen atoms in total. The Morgan fingerprint density at radius 2 is 2.07 bits per heavy atom. The van der Waals surface area contributed by atoms with E-state index in [-0.39, 0.29) is 24.0 Å². The molecule has 0 spiro atoms. The summed E-state index contributed by atoms with van der Waals surface area (Å²) in [6, 6.07) is 14.4. The van der Waals surface area contributed by atoms with E-state index in [9.17, 15) is 0 Å².